The second-order valence-electron chi connectivity index (χ2n) is 3.18. The Labute approximate surface area is 70.3 Å². The molecule has 0 spiro atoms. The van der Waals surface area contributed by atoms with Gasteiger partial charge in [-0.15, -0.1) is 0 Å². The van der Waals surface area contributed by atoms with Crippen molar-refractivity contribution >= 4 is 11.1 Å². The molecule has 1 rings (SSSR count). The molecule has 3 heteroatoms. The normalized spacial score (nSPS) is 40.2. The highest BCUT2D eigenvalue weighted by Gasteiger charge is 2.21. The molecule has 1 unspecified atom stereocenters. The Morgan fingerprint density at radius 2 is 2.27 bits per heavy atom. The first-order valence-electron chi connectivity index (χ1n) is 3.81. The minimum atomic E-state index is -1.14. The van der Waals surface area contributed by atoms with Crippen LogP contribution in [0.15, 0.2) is 12.2 Å². The van der Waals surface area contributed by atoms with Crippen LogP contribution in [0.3, 0.4) is 0 Å². The van der Waals surface area contributed by atoms with Crippen LogP contribution in [0.5, 0.6) is 0 Å². The standard InChI is InChI=1S/C8H14O2S/c1-6-4-7(2)8(3)10-11(9)5-6/h7-8H,1,4-5H2,2-3H3/t7-,8-,11?/m1/s1. The maximum absolute atomic E-state index is 11.1. The SMILES string of the molecule is C=C1C[C@@H](C)[C@@H](C)OS(=O)C1. The number of rotatable bonds is 0. The quantitative estimate of drug-likeness (QED) is 0.522. The van der Waals surface area contributed by atoms with E-state index in [0.29, 0.717) is 11.7 Å². The molecule has 1 heterocycles. The molecule has 0 aromatic carbocycles. The lowest BCUT2D eigenvalue weighted by Crippen LogP contribution is -2.16. The summed E-state index contributed by atoms with van der Waals surface area (Å²) in [6.07, 6.45) is 1.03. The third-order valence-electron chi connectivity index (χ3n) is 1.99. The summed E-state index contributed by atoms with van der Waals surface area (Å²) < 4.78 is 16.3. The van der Waals surface area contributed by atoms with Gasteiger partial charge in [0.05, 0.1) is 11.9 Å². The fourth-order valence-electron chi connectivity index (χ4n) is 1.15. The summed E-state index contributed by atoms with van der Waals surface area (Å²) in [4.78, 5) is 0. The van der Waals surface area contributed by atoms with Gasteiger partial charge in [0.15, 0.2) is 11.1 Å². The van der Waals surface area contributed by atoms with Gasteiger partial charge in [-0.05, 0) is 19.3 Å². The average Bonchev–Trinajstić information content (AvgIpc) is 1.93. The molecule has 2 nitrogen and oxygen atoms in total. The fraction of sp³-hybridized carbons (Fsp3) is 0.750. The zero-order valence-electron chi connectivity index (χ0n) is 7.00. The molecule has 64 valence electrons. The van der Waals surface area contributed by atoms with E-state index in [4.69, 9.17) is 4.18 Å². The highest BCUT2D eigenvalue weighted by Crippen LogP contribution is 2.22. The molecule has 11 heavy (non-hydrogen) atoms. The molecule has 0 saturated carbocycles. The van der Waals surface area contributed by atoms with Crippen molar-refractivity contribution < 1.29 is 8.39 Å². The van der Waals surface area contributed by atoms with Crippen LogP contribution in [0.25, 0.3) is 0 Å². The lowest BCUT2D eigenvalue weighted by molar-refractivity contribution is 0.187. The van der Waals surface area contributed by atoms with Crippen LogP contribution in [0.2, 0.25) is 0 Å². The lowest BCUT2D eigenvalue weighted by Gasteiger charge is -2.14. The first kappa shape index (κ1) is 8.94. The Balaban J connectivity index is 2.66. The average molecular weight is 174 g/mol. The van der Waals surface area contributed by atoms with Gasteiger partial charge in [0.2, 0.25) is 0 Å². The number of hydrogen-bond acceptors (Lipinski definition) is 2. The van der Waals surface area contributed by atoms with Crippen LogP contribution < -0.4 is 0 Å². The second kappa shape index (κ2) is 3.50. The van der Waals surface area contributed by atoms with Crippen molar-refractivity contribution in [3.63, 3.8) is 0 Å². The molecule has 0 aromatic rings. The van der Waals surface area contributed by atoms with E-state index in [1.54, 1.807) is 0 Å². The fourth-order valence-corrected chi connectivity index (χ4v) is 2.19. The molecule has 3 atom stereocenters. The molecule has 1 saturated heterocycles. The molecule has 0 aliphatic carbocycles. The maximum Gasteiger partial charge on any atom is 0.159 e. The van der Waals surface area contributed by atoms with Crippen molar-refractivity contribution in [1.29, 1.82) is 0 Å². The molecule has 1 aliphatic heterocycles. The van der Waals surface area contributed by atoms with Crippen molar-refractivity contribution in [2.45, 2.75) is 26.4 Å². The molecule has 0 N–H and O–H groups in total. The Morgan fingerprint density at radius 1 is 1.64 bits per heavy atom. The smallest absolute Gasteiger partial charge is 0.159 e. The molecule has 1 aliphatic rings. The summed E-state index contributed by atoms with van der Waals surface area (Å²) in [5.74, 6) is 0.947. The predicted octanol–water partition coefficient (Wildman–Crippen LogP) is 1.65. The molecule has 0 aromatic heterocycles. The van der Waals surface area contributed by atoms with Crippen molar-refractivity contribution in [2.24, 2.45) is 5.92 Å². The van der Waals surface area contributed by atoms with Gasteiger partial charge in [0, 0.05) is 0 Å². The van der Waals surface area contributed by atoms with Crippen LogP contribution in [0.4, 0.5) is 0 Å². The minimum Gasteiger partial charge on any atom is -0.287 e. The topological polar surface area (TPSA) is 26.3 Å². The largest absolute Gasteiger partial charge is 0.287 e. The Kier molecular flexibility index (Phi) is 2.84. The predicted molar refractivity (Wildman–Crippen MR) is 46.5 cm³/mol. The molecular weight excluding hydrogens is 160 g/mol. The van der Waals surface area contributed by atoms with E-state index in [0.717, 1.165) is 12.0 Å². The molecule has 0 bridgehead atoms. The van der Waals surface area contributed by atoms with Gasteiger partial charge < -0.3 is 0 Å². The van der Waals surface area contributed by atoms with Crippen LogP contribution in [-0.4, -0.2) is 16.1 Å². The van der Waals surface area contributed by atoms with Gasteiger partial charge >= 0.3 is 0 Å². The Bertz CT molecular complexity index is 169. The summed E-state index contributed by atoms with van der Waals surface area (Å²) in [6, 6.07) is 0. The van der Waals surface area contributed by atoms with E-state index < -0.39 is 11.1 Å². The van der Waals surface area contributed by atoms with Gasteiger partial charge in [-0.3, -0.25) is 4.18 Å². The third-order valence-corrected chi connectivity index (χ3v) is 3.16. The van der Waals surface area contributed by atoms with E-state index in [9.17, 15) is 4.21 Å². The van der Waals surface area contributed by atoms with Crippen molar-refractivity contribution in [1.82, 2.24) is 0 Å². The van der Waals surface area contributed by atoms with Gasteiger partial charge in [-0.2, -0.15) is 0 Å². The van der Waals surface area contributed by atoms with Crippen LogP contribution >= 0.6 is 0 Å². The van der Waals surface area contributed by atoms with E-state index in [1.165, 1.54) is 0 Å². The second-order valence-corrected chi connectivity index (χ2v) is 4.27. The summed E-state index contributed by atoms with van der Waals surface area (Å²) in [7, 11) is 0. The van der Waals surface area contributed by atoms with E-state index in [2.05, 4.69) is 13.5 Å². The zero-order chi connectivity index (χ0) is 8.43. The van der Waals surface area contributed by atoms with Gasteiger partial charge in [-0.1, -0.05) is 19.1 Å². The Hall–Kier alpha value is -0.150. The molecule has 0 amide bonds. The van der Waals surface area contributed by atoms with E-state index in [1.807, 2.05) is 6.92 Å². The van der Waals surface area contributed by atoms with Crippen molar-refractivity contribution in [3.05, 3.63) is 12.2 Å². The molecule has 1 fully saturated rings. The Morgan fingerprint density at radius 3 is 2.91 bits per heavy atom. The highest BCUT2D eigenvalue weighted by atomic mass is 32.2. The molecule has 0 radical (unpaired) electrons. The van der Waals surface area contributed by atoms with Crippen molar-refractivity contribution in [3.8, 4) is 0 Å². The van der Waals surface area contributed by atoms with E-state index in [-0.39, 0.29) is 6.10 Å². The summed E-state index contributed by atoms with van der Waals surface area (Å²) in [5, 5.41) is 0. The first-order valence-corrected chi connectivity index (χ1v) is 5.06. The highest BCUT2D eigenvalue weighted by molar-refractivity contribution is 7.80. The number of hydrogen-bond donors (Lipinski definition) is 0. The monoisotopic (exact) mass is 174 g/mol. The van der Waals surface area contributed by atoms with Gasteiger partial charge in [-0.25, -0.2) is 4.21 Å². The maximum atomic E-state index is 11.1. The van der Waals surface area contributed by atoms with Crippen LogP contribution in [0, 0.1) is 5.92 Å². The summed E-state index contributed by atoms with van der Waals surface area (Å²) in [5.41, 5.74) is 1.04. The molecular formula is C8H14O2S. The van der Waals surface area contributed by atoms with Crippen LogP contribution in [0.1, 0.15) is 20.3 Å². The lowest BCUT2D eigenvalue weighted by atomic mass is 9.99. The zero-order valence-corrected chi connectivity index (χ0v) is 7.82. The van der Waals surface area contributed by atoms with Gasteiger partial charge in [0.1, 0.15) is 0 Å². The van der Waals surface area contributed by atoms with Gasteiger partial charge in [0.25, 0.3) is 0 Å². The van der Waals surface area contributed by atoms with Crippen LogP contribution in [-0.2, 0) is 15.3 Å². The summed E-state index contributed by atoms with van der Waals surface area (Å²) in [6.45, 7) is 7.89. The van der Waals surface area contributed by atoms with Crippen molar-refractivity contribution in [2.75, 3.05) is 5.75 Å². The summed E-state index contributed by atoms with van der Waals surface area (Å²) >= 11 is -1.14. The third kappa shape index (κ3) is 2.42. The minimum absolute atomic E-state index is 0.0927. The first-order chi connectivity index (χ1) is 5.09. The van der Waals surface area contributed by atoms with E-state index >= 15 is 0 Å².